The Hall–Kier alpha value is -1.51. The van der Waals surface area contributed by atoms with Gasteiger partial charge >= 0.3 is 0 Å². The van der Waals surface area contributed by atoms with Crippen molar-refractivity contribution in [1.82, 2.24) is 0 Å². The monoisotopic (exact) mass is 235 g/mol. The molecule has 0 aliphatic heterocycles. The number of primary amides is 1. The van der Waals surface area contributed by atoms with Gasteiger partial charge in [0, 0.05) is 0 Å². The second kappa shape index (κ2) is 5.21. The number of para-hydroxylation sites is 1. The van der Waals surface area contributed by atoms with Crippen molar-refractivity contribution in [2.45, 2.75) is 33.1 Å². The minimum absolute atomic E-state index is 0.0204. The number of nitrogens with two attached hydrogens (primary N) is 1. The van der Waals surface area contributed by atoms with E-state index in [-0.39, 0.29) is 17.2 Å². The van der Waals surface area contributed by atoms with Crippen LogP contribution >= 0.6 is 0 Å². The first-order valence-electron chi connectivity index (χ1n) is 5.84. The molecule has 0 saturated heterocycles. The average molecular weight is 235 g/mol. The Kier molecular flexibility index (Phi) is 4.16. The van der Waals surface area contributed by atoms with Crippen LogP contribution in [0, 0.1) is 5.92 Å². The number of benzene rings is 1. The second-order valence-corrected chi connectivity index (χ2v) is 5.36. The van der Waals surface area contributed by atoms with E-state index in [2.05, 4.69) is 20.8 Å². The minimum Gasteiger partial charge on any atom is -0.492 e. The summed E-state index contributed by atoms with van der Waals surface area (Å²) in [6.45, 7) is 8.48. The lowest BCUT2D eigenvalue weighted by molar-refractivity contribution is -0.122. The predicted octanol–water partition coefficient (Wildman–Crippen LogP) is 2.48. The number of carbonyl (C=O) groups is 1. The highest BCUT2D eigenvalue weighted by molar-refractivity contribution is 5.76. The summed E-state index contributed by atoms with van der Waals surface area (Å²) in [4.78, 5) is 10.9. The molecule has 0 radical (unpaired) electrons. The van der Waals surface area contributed by atoms with Crippen LogP contribution in [0.15, 0.2) is 24.3 Å². The first-order valence-corrected chi connectivity index (χ1v) is 5.84. The molecular weight excluding hydrogens is 214 g/mol. The van der Waals surface area contributed by atoms with Crippen LogP contribution in [0.25, 0.3) is 0 Å². The third-order valence-electron chi connectivity index (χ3n) is 2.67. The van der Waals surface area contributed by atoms with Gasteiger partial charge in [-0.1, -0.05) is 45.9 Å². The highest BCUT2D eigenvalue weighted by Gasteiger charge is 2.19. The van der Waals surface area contributed by atoms with Gasteiger partial charge < -0.3 is 10.5 Å². The van der Waals surface area contributed by atoms with Gasteiger partial charge in [-0.15, -0.1) is 0 Å². The van der Waals surface area contributed by atoms with E-state index in [0.29, 0.717) is 6.61 Å². The standard InChI is InChI=1S/C14H21NO2/c1-10(13(15)16)9-17-12-8-6-5-7-11(12)14(2,3)4/h5-8,10H,9H2,1-4H3,(H2,15,16). The lowest BCUT2D eigenvalue weighted by Gasteiger charge is -2.23. The van der Waals surface area contributed by atoms with Crippen molar-refractivity contribution in [3.63, 3.8) is 0 Å². The van der Waals surface area contributed by atoms with Crippen LogP contribution in [0.2, 0.25) is 0 Å². The zero-order valence-electron chi connectivity index (χ0n) is 11.0. The summed E-state index contributed by atoms with van der Waals surface area (Å²) in [6.07, 6.45) is 0. The van der Waals surface area contributed by atoms with Gasteiger partial charge in [0.1, 0.15) is 5.75 Å². The topological polar surface area (TPSA) is 52.3 Å². The highest BCUT2D eigenvalue weighted by Crippen LogP contribution is 2.31. The summed E-state index contributed by atoms with van der Waals surface area (Å²) < 4.78 is 5.69. The Labute approximate surface area is 103 Å². The van der Waals surface area contributed by atoms with E-state index in [1.165, 1.54) is 0 Å². The summed E-state index contributed by atoms with van der Waals surface area (Å²) in [5.74, 6) is 0.217. The van der Waals surface area contributed by atoms with Crippen molar-refractivity contribution >= 4 is 5.91 Å². The molecule has 1 rings (SSSR count). The van der Waals surface area contributed by atoms with Crippen molar-refractivity contribution in [2.75, 3.05) is 6.61 Å². The number of carbonyl (C=O) groups excluding carboxylic acids is 1. The molecule has 17 heavy (non-hydrogen) atoms. The van der Waals surface area contributed by atoms with E-state index >= 15 is 0 Å². The molecule has 3 heteroatoms. The van der Waals surface area contributed by atoms with E-state index in [1.54, 1.807) is 6.92 Å². The third-order valence-corrected chi connectivity index (χ3v) is 2.67. The molecule has 1 atom stereocenters. The summed E-state index contributed by atoms with van der Waals surface area (Å²) >= 11 is 0. The van der Waals surface area contributed by atoms with Gasteiger partial charge in [0.05, 0.1) is 12.5 Å². The molecule has 1 amide bonds. The number of amides is 1. The third kappa shape index (κ3) is 3.77. The number of hydrogen-bond acceptors (Lipinski definition) is 2. The Morgan fingerprint density at radius 1 is 1.35 bits per heavy atom. The Morgan fingerprint density at radius 2 is 1.94 bits per heavy atom. The van der Waals surface area contributed by atoms with Crippen LogP contribution in [0.3, 0.4) is 0 Å². The minimum atomic E-state index is -0.335. The maximum atomic E-state index is 10.9. The van der Waals surface area contributed by atoms with Crippen LogP contribution in [-0.4, -0.2) is 12.5 Å². The van der Waals surface area contributed by atoms with Gasteiger partial charge in [0.25, 0.3) is 0 Å². The van der Waals surface area contributed by atoms with Gasteiger partial charge in [0.2, 0.25) is 5.91 Å². The van der Waals surface area contributed by atoms with Gasteiger partial charge in [-0.25, -0.2) is 0 Å². The first-order chi connectivity index (χ1) is 7.82. The maximum Gasteiger partial charge on any atom is 0.223 e. The normalized spacial score (nSPS) is 13.2. The molecule has 94 valence electrons. The fraction of sp³-hybridized carbons (Fsp3) is 0.500. The summed E-state index contributed by atoms with van der Waals surface area (Å²) in [5, 5.41) is 0. The molecule has 1 aromatic rings. The molecule has 1 unspecified atom stereocenters. The Balaban J connectivity index is 2.81. The van der Waals surface area contributed by atoms with E-state index in [0.717, 1.165) is 11.3 Å². The smallest absolute Gasteiger partial charge is 0.223 e. The van der Waals surface area contributed by atoms with Gasteiger partial charge in [0.15, 0.2) is 0 Å². The SMILES string of the molecule is CC(COc1ccccc1C(C)(C)C)C(N)=O. The zero-order chi connectivity index (χ0) is 13.1. The molecule has 0 aromatic heterocycles. The van der Waals surface area contributed by atoms with Crippen molar-refractivity contribution in [2.24, 2.45) is 11.7 Å². The molecule has 3 nitrogen and oxygen atoms in total. The lowest BCUT2D eigenvalue weighted by atomic mass is 9.86. The molecular formula is C14H21NO2. The summed E-state index contributed by atoms with van der Waals surface area (Å²) in [5.41, 5.74) is 6.36. The van der Waals surface area contributed by atoms with Gasteiger partial charge in [-0.3, -0.25) is 4.79 Å². The summed E-state index contributed by atoms with van der Waals surface area (Å²) in [6, 6.07) is 7.89. The fourth-order valence-electron chi connectivity index (χ4n) is 1.51. The van der Waals surface area contributed by atoms with Crippen LogP contribution in [-0.2, 0) is 10.2 Å². The van der Waals surface area contributed by atoms with Gasteiger partial charge in [-0.05, 0) is 17.0 Å². The summed E-state index contributed by atoms with van der Waals surface area (Å²) in [7, 11) is 0. The quantitative estimate of drug-likeness (QED) is 0.871. The number of hydrogen-bond donors (Lipinski definition) is 1. The molecule has 0 bridgehead atoms. The predicted molar refractivity (Wildman–Crippen MR) is 69.0 cm³/mol. The molecule has 0 heterocycles. The molecule has 0 spiro atoms. The van der Waals surface area contributed by atoms with Crippen LogP contribution in [0.5, 0.6) is 5.75 Å². The molecule has 0 fully saturated rings. The van der Waals surface area contributed by atoms with Crippen LogP contribution < -0.4 is 10.5 Å². The first kappa shape index (κ1) is 13.6. The molecule has 1 aromatic carbocycles. The number of rotatable bonds is 4. The molecule has 0 saturated carbocycles. The van der Waals surface area contributed by atoms with E-state index < -0.39 is 0 Å². The maximum absolute atomic E-state index is 10.9. The molecule has 0 aliphatic rings. The van der Waals surface area contributed by atoms with Crippen molar-refractivity contribution < 1.29 is 9.53 Å². The van der Waals surface area contributed by atoms with Gasteiger partial charge in [-0.2, -0.15) is 0 Å². The average Bonchev–Trinajstić information content (AvgIpc) is 2.24. The zero-order valence-corrected chi connectivity index (χ0v) is 11.0. The largest absolute Gasteiger partial charge is 0.492 e. The van der Waals surface area contributed by atoms with E-state index in [1.807, 2.05) is 24.3 Å². The van der Waals surface area contributed by atoms with E-state index in [9.17, 15) is 4.79 Å². The molecule has 0 aliphatic carbocycles. The van der Waals surface area contributed by atoms with E-state index in [4.69, 9.17) is 10.5 Å². The van der Waals surface area contributed by atoms with Crippen molar-refractivity contribution in [1.29, 1.82) is 0 Å². The Bertz CT molecular complexity index is 393. The highest BCUT2D eigenvalue weighted by atomic mass is 16.5. The van der Waals surface area contributed by atoms with Crippen LogP contribution in [0.4, 0.5) is 0 Å². The lowest BCUT2D eigenvalue weighted by Crippen LogP contribution is -2.26. The number of ether oxygens (including phenoxy) is 1. The fourth-order valence-corrected chi connectivity index (χ4v) is 1.51. The molecule has 2 N–H and O–H groups in total. The van der Waals surface area contributed by atoms with Crippen LogP contribution in [0.1, 0.15) is 33.3 Å². The second-order valence-electron chi connectivity index (χ2n) is 5.36. The Morgan fingerprint density at radius 3 is 2.47 bits per heavy atom. The van der Waals surface area contributed by atoms with Crippen molar-refractivity contribution in [3.05, 3.63) is 29.8 Å². The van der Waals surface area contributed by atoms with Crippen molar-refractivity contribution in [3.8, 4) is 5.75 Å².